The summed E-state index contributed by atoms with van der Waals surface area (Å²) < 4.78 is 21.0. The fourth-order valence-corrected chi connectivity index (χ4v) is 1.74. The number of hydrogen-bond donors (Lipinski definition) is 0. The van der Waals surface area contributed by atoms with Gasteiger partial charge in [0.05, 0.1) is 34.4 Å². The Labute approximate surface area is 119 Å². The lowest BCUT2D eigenvalue weighted by Crippen LogP contribution is -2.06. The maximum Gasteiger partial charge on any atom is 0.309 e. The molecule has 0 saturated heterocycles. The third-order valence-corrected chi connectivity index (χ3v) is 2.84. The maximum atomic E-state index is 11.3. The molecular weight excluding hydrogens is 260 g/mol. The van der Waals surface area contributed by atoms with Crippen molar-refractivity contribution in [2.45, 2.75) is 26.2 Å². The molecule has 1 aromatic rings. The Morgan fingerprint density at radius 1 is 1.10 bits per heavy atom. The first-order valence-corrected chi connectivity index (χ1v) is 6.60. The van der Waals surface area contributed by atoms with Gasteiger partial charge in [-0.2, -0.15) is 0 Å². The molecule has 0 saturated carbocycles. The number of carbonyl (C=O) groups is 1. The van der Waals surface area contributed by atoms with Gasteiger partial charge in [0, 0.05) is 0 Å². The second-order valence-electron chi connectivity index (χ2n) is 4.28. The van der Waals surface area contributed by atoms with Crippen LogP contribution < -0.4 is 14.2 Å². The highest BCUT2D eigenvalue weighted by molar-refractivity contribution is 5.73. The summed E-state index contributed by atoms with van der Waals surface area (Å²) in [5.74, 6) is 1.37. The van der Waals surface area contributed by atoms with Crippen molar-refractivity contribution in [2.24, 2.45) is 0 Å². The van der Waals surface area contributed by atoms with Gasteiger partial charge in [-0.15, -0.1) is 0 Å². The van der Waals surface area contributed by atoms with Gasteiger partial charge in [0.25, 0.3) is 0 Å². The van der Waals surface area contributed by atoms with E-state index in [1.807, 2.05) is 0 Å². The summed E-state index contributed by atoms with van der Waals surface area (Å²) >= 11 is 0. The molecule has 112 valence electrons. The molecule has 0 aliphatic heterocycles. The fraction of sp³-hybridized carbons (Fsp3) is 0.533. The van der Waals surface area contributed by atoms with Crippen LogP contribution in [0.4, 0.5) is 0 Å². The minimum absolute atomic E-state index is 0.165. The average Bonchev–Trinajstić information content (AvgIpc) is 2.47. The fourth-order valence-electron chi connectivity index (χ4n) is 1.74. The monoisotopic (exact) mass is 282 g/mol. The number of rotatable bonds is 8. The van der Waals surface area contributed by atoms with Crippen molar-refractivity contribution in [3.63, 3.8) is 0 Å². The van der Waals surface area contributed by atoms with Crippen LogP contribution in [0.2, 0.25) is 0 Å². The molecule has 0 unspecified atom stereocenters. The molecule has 1 rings (SSSR count). The van der Waals surface area contributed by atoms with Crippen molar-refractivity contribution in [1.82, 2.24) is 0 Å². The van der Waals surface area contributed by atoms with Crippen molar-refractivity contribution in [3.05, 3.63) is 17.7 Å². The molecule has 0 atom stereocenters. The van der Waals surface area contributed by atoms with Gasteiger partial charge in [0.1, 0.15) is 0 Å². The van der Waals surface area contributed by atoms with E-state index >= 15 is 0 Å². The van der Waals surface area contributed by atoms with Crippen LogP contribution >= 0.6 is 0 Å². The van der Waals surface area contributed by atoms with E-state index in [1.165, 1.54) is 7.11 Å². The van der Waals surface area contributed by atoms with Gasteiger partial charge in [-0.3, -0.25) is 4.79 Å². The van der Waals surface area contributed by atoms with Crippen LogP contribution in [0.5, 0.6) is 17.2 Å². The maximum absolute atomic E-state index is 11.3. The van der Waals surface area contributed by atoms with E-state index in [0.717, 1.165) is 18.4 Å². The SMILES string of the molecule is CCCCOc1c(OC)cc(CC(=O)OC)cc1OC. The van der Waals surface area contributed by atoms with Crippen LogP contribution in [0, 0.1) is 0 Å². The Hall–Kier alpha value is -1.91. The van der Waals surface area contributed by atoms with Crippen molar-refractivity contribution in [2.75, 3.05) is 27.9 Å². The normalized spacial score (nSPS) is 10.0. The summed E-state index contributed by atoms with van der Waals surface area (Å²) in [5, 5.41) is 0. The number of hydrogen-bond acceptors (Lipinski definition) is 5. The summed E-state index contributed by atoms with van der Waals surface area (Å²) in [5.41, 5.74) is 0.758. The Balaban J connectivity index is 3.01. The zero-order valence-corrected chi connectivity index (χ0v) is 12.5. The number of benzene rings is 1. The predicted molar refractivity (Wildman–Crippen MR) is 75.7 cm³/mol. The predicted octanol–water partition coefficient (Wildman–Crippen LogP) is 2.60. The highest BCUT2D eigenvalue weighted by atomic mass is 16.5. The molecule has 5 nitrogen and oxygen atoms in total. The van der Waals surface area contributed by atoms with Crippen LogP contribution in [-0.2, 0) is 16.0 Å². The zero-order chi connectivity index (χ0) is 15.0. The van der Waals surface area contributed by atoms with Crippen molar-refractivity contribution < 1.29 is 23.7 Å². The first-order chi connectivity index (χ1) is 9.65. The third kappa shape index (κ3) is 4.33. The lowest BCUT2D eigenvalue weighted by Gasteiger charge is -2.15. The largest absolute Gasteiger partial charge is 0.493 e. The average molecular weight is 282 g/mol. The Bertz CT molecular complexity index is 417. The van der Waals surface area contributed by atoms with Gasteiger partial charge < -0.3 is 18.9 Å². The Morgan fingerprint density at radius 3 is 2.15 bits per heavy atom. The molecule has 0 aliphatic rings. The number of unbranched alkanes of at least 4 members (excludes halogenated alkanes) is 1. The molecule has 0 heterocycles. The van der Waals surface area contributed by atoms with Crippen molar-refractivity contribution in [3.8, 4) is 17.2 Å². The molecule has 0 radical (unpaired) electrons. The minimum atomic E-state index is -0.311. The van der Waals surface area contributed by atoms with E-state index in [0.29, 0.717) is 23.9 Å². The molecule has 0 amide bonds. The van der Waals surface area contributed by atoms with E-state index in [9.17, 15) is 4.79 Å². The van der Waals surface area contributed by atoms with Gasteiger partial charge in [0.15, 0.2) is 11.5 Å². The number of carbonyl (C=O) groups excluding carboxylic acids is 1. The van der Waals surface area contributed by atoms with E-state index < -0.39 is 0 Å². The lowest BCUT2D eigenvalue weighted by atomic mass is 10.1. The molecule has 0 spiro atoms. The minimum Gasteiger partial charge on any atom is -0.493 e. The van der Waals surface area contributed by atoms with Gasteiger partial charge in [-0.25, -0.2) is 0 Å². The highest BCUT2D eigenvalue weighted by Crippen LogP contribution is 2.38. The summed E-state index contributed by atoms with van der Waals surface area (Å²) in [4.78, 5) is 11.3. The standard InChI is InChI=1S/C15H22O5/c1-5-6-7-20-15-12(17-2)8-11(9-13(15)18-3)10-14(16)19-4/h8-9H,5-7,10H2,1-4H3. The zero-order valence-electron chi connectivity index (χ0n) is 12.5. The summed E-state index contributed by atoms with van der Waals surface area (Å²) in [6.07, 6.45) is 2.17. The summed E-state index contributed by atoms with van der Waals surface area (Å²) in [6.45, 7) is 2.69. The Kier molecular flexibility index (Phi) is 6.70. The quantitative estimate of drug-likeness (QED) is 0.542. The van der Waals surface area contributed by atoms with E-state index in [2.05, 4.69) is 11.7 Å². The molecule has 0 bridgehead atoms. The molecular formula is C15H22O5. The number of ether oxygens (including phenoxy) is 4. The molecule has 0 aromatic heterocycles. The molecule has 0 fully saturated rings. The molecule has 5 heteroatoms. The van der Waals surface area contributed by atoms with Crippen LogP contribution in [-0.4, -0.2) is 33.9 Å². The Morgan fingerprint density at radius 2 is 1.70 bits per heavy atom. The van der Waals surface area contributed by atoms with E-state index in [-0.39, 0.29) is 12.4 Å². The number of esters is 1. The van der Waals surface area contributed by atoms with E-state index in [1.54, 1.807) is 26.4 Å². The van der Waals surface area contributed by atoms with Gasteiger partial charge in [-0.05, 0) is 24.1 Å². The first kappa shape index (κ1) is 16.1. The molecule has 0 aliphatic carbocycles. The molecule has 0 N–H and O–H groups in total. The second-order valence-corrected chi connectivity index (χ2v) is 4.28. The summed E-state index contributed by atoms with van der Waals surface area (Å²) in [6, 6.07) is 3.53. The molecule has 20 heavy (non-hydrogen) atoms. The van der Waals surface area contributed by atoms with Crippen LogP contribution in [0.3, 0.4) is 0 Å². The molecule has 1 aromatic carbocycles. The highest BCUT2D eigenvalue weighted by Gasteiger charge is 2.15. The van der Waals surface area contributed by atoms with Crippen molar-refractivity contribution in [1.29, 1.82) is 0 Å². The smallest absolute Gasteiger partial charge is 0.309 e. The second kappa shape index (κ2) is 8.30. The van der Waals surface area contributed by atoms with Crippen LogP contribution in [0.1, 0.15) is 25.3 Å². The van der Waals surface area contributed by atoms with Gasteiger partial charge in [0.2, 0.25) is 5.75 Å². The first-order valence-electron chi connectivity index (χ1n) is 6.60. The number of methoxy groups -OCH3 is 3. The van der Waals surface area contributed by atoms with Crippen LogP contribution in [0.25, 0.3) is 0 Å². The lowest BCUT2D eigenvalue weighted by molar-refractivity contribution is -0.139. The summed E-state index contributed by atoms with van der Waals surface area (Å²) in [7, 11) is 4.48. The van der Waals surface area contributed by atoms with E-state index in [4.69, 9.17) is 14.2 Å². The van der Waals surface area contributed by atoms with Crippen LogP contribution in [0.15, 0.2) is 12.1 Å². The van der Waals surface area contributed by atoms with Crippen molar-refractivity contribution >= 4 is 5.97 Å². The topological polar surface area (TPSA) is 54.0 Å². The van der Waals surface area contributed by atoms with Gasteiger partial charge >= 0.3 is 5.97 Å². The van der Waals surface area contributed by atoms with Gasteiger partial charge in [-0.1, -0.05) is 13.3 Å². The third-order valence-electron chi connectivity index (χ3n) is 2.84.